The van der Waals surface area contributed by atoms with Gasteiger partial charge in [-0.3, -0.25) is 4.98 Å². The van der Waals surface area contributed by atoms with E-state index < -0.39 is 17.7 Å². The van der Waals surface area contributed by atoms with Gasteiger partial charge in [-0.15, -0.1) is 0 Å². The number of halogens is 2. The second kappa shape index (κ2) is 6.76. The van der Waals surface area contributed by atoms with E-state index in [-0.39, 0.29) is 0 Å². The molecule has 0 bridgehead atoms. The van der Waals surface area contributed by atoms with Crippen LogP contribution in [0.4, 0.5) is 8.78 Å². The van der Waals surface area contributed by atoms with Crippen LogP contribution in [-0.4, -0.2) is 11.5 Å². The normalized spacial score (nSPS) is 12.4. The van der Waals surface area contributed by atoms with E-state index >= 15 is 0 Å². The molecule has 0 saturated carbocycles. The SMILES string of the molecule is CCCNC(c1cc(C)ccn1)c1ccc(C)c(F)c1F. The van der Waals surface area contributed by atoms with E-state index in [4.69, 9.17) is 0 Å². The number of nitrogens with zero attached hydrogens (tertiary/aromatic N) is 1. The summed E-state index contributed by atoms with van der Waals surface area (Å²) >= 11 is 0. The molecule has 1 N–H and O–H groups in total. The summed E-state index contributed by atoms with van der Waals surface area (Å²) in [6.45, 7) is 6.24. The average molecular weight is 290 g/mol. The molecular formula is C17H20F2N2. The second-order valence-electron chi connectivity index (χ2n) is 5.24. The van der Waals surface area contributed by atoms with E-state index in [0.717, 1.165) is 12.0 Å². The Morgan fingerprint density at radius 3 is 2.57 bits per heavy atom. The van der Waals surface area contributed by atoms with Crippen molar-refractivity contribution in [2.45, 2.75) is 33.2 Å². The van der Waals surface area contributed by atoms with Gasteiger partial charge in [-0.2, -0.15) is 0 Å². The summed E-state index contributed by atoms with van der Waals surface area (Å²) < 4.78 is 28.1. The Labute approximate surface area is 124 Å². The van der Waals surface area contributed by atoms with Crippen LogP contribution in [-0.2, 0) is 0 Å². The average Bonchev–Trinajstić information content (AvgIpc) is 2.47. The molecule has 0 saturated heterocycles. The van der Waals surface area contributed by atoms with Crippen molar-refractivity contribution in [3.8, 4) is 0 Å². The fourth-order valence-electron chi connectivity index (χ4n) is 2.26. The van der Waals surface area contributed by atoms with Crippen molar-refractivity contribution in [3.05, 3.63) is 64.5 Å². The first kappa shape index (κ1) is 15.6. The molecule has 0 aliphatic rings. The Morgan fingerprint density at radius 2 is 1.90 bits per heavy atom. The monoisotopic (exact) mass is 290 g/mol. The molecule has 1 atom stereocenters. The number of benzene rings is 1. The molecule has 0 amide bonds. The molecule has 0 aliphatic carbocycles. The Morgan fingerprint density at radius 1 is 1.14 bits per heavy atom. The summed E-state index contributed by atoms with van der Waals surface area (Å²) in [4.78, 5) is 4.31. The third-order valence-corrected chi connectivity index (χ3v) is 3.45. The Bertz CT molecular complexity index is 626. The van der Waals surface area contributed by atoms with E-state index in [0.29, 0.717) is 23.4 Å². The van der Waals surface area contributed by atoms with E-state index in [2.05, 4.69) is 10.3 Å². The van der Waals surface area contributed by atoms with E-state index in [1.807, 2.05) is 26.0 Å². The van der Waals surface area contributed by atoms with Gasteiger partial charge in [-0.1, -0.05) is 19.1 Å². The van der Waals surface area contributed by atoms with Crippen LogP contribution in [0.15, 0.2) is 30.5 Å². The molecule has 0 radical (unpaired) electrons. The van der Waals surface area contributed by atoms with Gasteiger partial charge in [0.1, 0.15) is 0 Å². The minimum Gasteiger partial charge on any atom is -0.305 e. The third-order valence-electron chi connectivity index (χ3n) is 3.45. The zero-order chi connectivity index (χ0) is 15.4. The standard InChI is InChI=1S/C17H20F2N2/c1-4-8-21-17(14-10-11(2)7-9-20-14)13-6-5-12(3)15(18)16(13)19/h5-7,9-10,17,21H,4,8H2,1-3H3. The molecule has 21 heavy (non-hydrogen) atoms. The zero-order valence-corrected chi connectivity index (χ0v) is 12.6. The maximum absolute atomic E-state index is 14.3. The van der Waals surface area contributed by atoms with Crippen molar-refractivity contribution >= 4 is 0 Å². The first-order valence-electron chi connectivity index (χ1n) is 7.15. The number of hydrogen-bond acceptors (Lipinski definition) is 2. The minimum absolute atomic E-state index is 0.296. The Balaban J connectivity index is 2.48. The third kappa shape index (κ3) is 3.45. The molecule has 1 heterocycles. The van der Waals surface area contributed by atoms with Crippen molar-refractivity contribution in [2.24, 2.45) is 0 Å². The quantitative estimate of drug-likeness (QED) is 0.898. The van der Waals surface area contributed by atoms with Crippen molar-refractivity contribution < 1.29 is 8.78 Å². The molecule has 0 spiro atoms. The molecule has 2 nitrogen and oxygen atoms in total. The predicted molar refractivity (Wildman–Crippen MR) is 80.2 cm³/mol. The molecule has 1 aromatic carbocycles. The summed E-state index contributed by atoms with van der Waals surface area (Å²) in [6.07, 6.45) is 2.59. The number of aryl methyl sites for hydroxylation is 2. The fraction of sp³-hybridized carbons (Fsp3) is 0.353. The highest BCUT2D eigenvalue weighted by molar-refractivity contribution is 5.33. The molecule has 2 rings (SSSR count). The van der Waals surface area contributed by atoms with Gasteiger partial charge in [0.05, 0.1) is 11.7 Å². The lowest BCUT2D eigenvalue weighted by Gasteiger charge is -2.20. The zero-order valence-electron chi connectivity index (χ0n) is 12.6. The highest BCUT2D eigenvalue weighted by Crippen LogP contribution is 2.26. The number of rotatable bonds is 5. The van der Waals surface area contributed by atoms with Gasteiger partial charge in [-0.05, 0) is 50.1 Å². The molecule has 1 unspecified atom stereocenters. The van der Waals surface area contributed by atoms with Gasteiger partial charge >= 0.3 is 0 Å². The first-order valence-corrected chi connectivity index (χ1v) is 7.15. The lowest BCUT2D eigenvalue weighted by molar-refractivity contribution is 0.474. The maximum Gasteiger partial charge on any atom is 0.164 e. The van der Waals surface area contributed by atoms with Crippen molar-refractivity contribution in [2.75, 3.05) is 6.54 Å². The molecule has 0 fully saturated rings. The van der Waals surface area contributed by atoms with Crippen LogP contribution >= 0.6 is 0 Å². The van der Waals surface area contributed by atoms with Crippen LogP contribution in [0.3, 0.4) is 0 Å². The summed E-state index contributed by atoms with van der Waals surface area (Å²) in [7, 11) is 0. The molecule has 112 valence electrons. The fourth-order valence-corrected chi connectivity index (χ4v) is 2.26. The van der Waals surface area contributed by atoms with E-state index in [9.17, 15) is 8.78 Å². The van der Waals surface area contributed by atoms with Crippen LogP contribution in [0.5, 0.6) is 0 Å². The molecular weight excluding hydrogens is 270 g/mol. The maximum atomic E-state index is 14.3. The van der Waals surface area contributed by atoms with Gasteiger partial charge in [0.2, 0.25) is 0 Å². The van der Waals surface area contributed by atoms with Gasteiger partial charge in [0.15, 0.2) is 11.6 Å². The molecule has 1 aromatic heterocycles. The van der Waals surface area contributed by atoms with Crippen molar-refractivity contribution in [3.63, 3.8) is 0 Å². The molecule has 2 aromatic rings. The van der Waals surface area contributed by atoms with Gasteiger partial charge in [-0.25, -0.2) is 8.78 Å². The van der Waals surface area contributed by atoms with Crippen LogP contribution in [0.2, 0.25) is 0 Å². The minimum atomic E-state index is -0.799. The lowest BCUT2D eigenvalue weighted by Crippen LogP contribution is -2.25. The van der Waals surface area contributed by atoms with E-state index in [1.165, 1.54) is 0 Å². The van der Waals surface area contributed by atoms with Crippen molar-refractivity contribution in [1.29, 1.82) is 0 Å². The summed E-state index contributed by atoms with van der Waals surface area (Å²) in [5.74, 6) is -1.59. The number of pyridine rings is 1. The summed E-state index contributed by atoms with van der Waals surface area (Å²) in [6, 6.07) is 6.56. The van der Waals surface area contributed by atoms with Gasteiger partial charge in [0, 0.05) is 11.8 Å². The molecule has 0 aliphatic heterocycles. The van der Waals surface area contributed by atoms with E-state index in [1.54, 1.807) is 25.3 Å². The lowest BCUT2D eigenvalue weighted by atomic mass is 9.99. The topological polar surface area (TPSA) is 24.9 Å². The number of nitrogens with one attached hydrogen (secondary N) is 1. The number of hydrogen-bond donors (Lipinski definition) is 1. The largest absolute Gasteiger partial charge is 0.305 e. The Hall–Kier alpha value is -1.81. The summed E-state index contributed by atoms with van der Waals surface area (Å²) in [5, 5.41) is 3.25. The smallest absolute Gasteiger partial charge is 0.164 e. The summed E-state index contributed by atoms with van der Waals surface area (Å²) in [5.41, 5.74) is 2.34. The van der Waals surface area contributed by atoms with Gasteiger partial charge in [0.25, 0.3) is 0 Å². The highest BCUT2D eigenvalue weighted by atomic mass is 19.2. The van der Waals surface area contributed by atoms with Crippen LogP contribution < -0.4 is 5.32 Å². The Kier molecular flexibility index (Phi) is 5.02. The second-order valence-corrected chi connectivity index (χ2v) is 5.24. The van der Waals surface area contributed by atoms with Crippen LogP contribution in [0, 0.1) is 25.5 Å². The first-order chi connectivity index (χ1) is 10.0. The predicted octanol–water partition coefficient (Wildman–Crippen LogP) is 4.07. The van der Waals surface area contributed by atoms with Gasteiger partial charge < -0.3 is 5.32 Å². The van der Waals surface area contributed by atoms with Crippen molar-refractivity contribution in [1.82, 2.24) is 10.3 Å². The van der Waals surface area contributed by atoms with Crippen LogP contribution in [0.1, 0.15) is 41.8 Å². The number of aromatic nitrogens is 1. The highest BCUT2D eigenvalue weighted by Gasteiger charge is 2.21. The molecule has 4 heteroatoms. The van der Waals surface area contributed by atoms with Crippen LogP contribution in [0.25, 0.3) is 0 Å².